The van der Waals surface area contributed by atoms with E-state index in [2.05, 4.69) is 11.1 Å². The van der Waals surface area contributed by atoms with Crippen LogP contribution in [-0.2, 0) is 5.75 Å². The van der Waals surface area contributed by atoms with E-state index in [9.17, 15) is 9.59 Å². The first kappa shape index (κ1) is 19.7. The Morgan fingerprint density at radius 3 is 2.48 bits per heavy atom. The normalized spacial score (nSPS) is 14.8. The fourth-order valence-corrected chi connectivity index (χ4v) is 5.35. The fourth-order valence-electron chi connectivity index (χ4n) is 3.32. The van der Waals surface area contributed by atoms with Crippen molar-refractivity contribution in [3.8, 4) is 0 Å². The number of primary amides is 1. The monoisotopic (exact) mass is 426 g/mol. The van der Waals surface area contributed by atoms with Gasteiger partial charge < -0.3 is 15.5 Å². The predicted octanol–water partition coefficient (Wildman–Crippen LogP) is 3.82. The van der Waals surface area contributed by atoms with Crippen LogP contribution in [0.4, 0.5) is 4.79 Å². The fraction of sp³-hybridized carbons (Fsp3) is 0.286. The molecule has 0 atom stereocenters. The Morgan fingerprint density at radius 1 is 1.00 bits per heavy atom. The van der Waals surface area contributed by atoms with Gasteiger partial charge in [0.15, 0.2) is 4.34 Å². The number of amides is 3. The molecule has 2 heterocycles. The molecule has 0 bridgehead atoms. The van der Waals surface area contributed by atoms with E-state index >= 15 is 0 Å². The van der Waals surface area contributed by atoms with Crippen molar-refractivity contribution in [1.29, 1.82) is 0 Å². The predicted molar refractivity (Wildman–Crippen MR) is 117 cm³/mol. The molecule has 29 heavy (non-hydrogen) atoms. The van der Waals surface area contributed by atoms with E-state index in [-0.39, 0.29) is 5.91 Å². The van der Waals surface area contributed by atoms with Crippen LogP contribution in [0.15, 0.2) is 52.9 Å². The highest BCUT2D eigenvalue weighted by atomic mass is 32.2. The maximum absolute atomic E-state index is 12.8. The lowest BCUT2D eigenvalue weighted by Crippen LogP contribution is -2.39. The van der Waals surface area contributed by atoms with Gasteiger partial charge in [0.25, 0.3) is 5.91 Å². The lowest BCUT2D eigenvalue weighted by molar-refractivity contribution is 0.0762. The van der Waals surface area contributed by atoms with E-state index in [0.29, 0.717) is 31.7 Å². The zero-order valence-corrected chi connectivity index (χ0v) is 17.5. The van der Waals surface area contributed by atoms with Crippen LogP contribution in [-0.4, -0.2) is 52.9 Å². The summed E-state index contributed by atoms with van der Waals surface area (Å²) in [5.41, 5.74) is 8.22. The van der Waals surface area contributed by atoms with Crippen molar-refractivity contribution in [2.24, 2.45) is 5.73 Å². The van der Waals surface area contributed by atoms with Crippen molar-refractivity contribution < 1.29 is 9.59 Å². The lowest BCUT2D eigenvalue weighted by Gasteiger charge is -2.21. The Balaban J connectivity index is 1.35. The topological polar surface area (TPSA) is 79.5 Å². The highest BCUT2D eigenvalue weighted by molar-refractivity contribution is 8.00. The van der Waals surface area contributed by atoms with Crippen LogP contribution in [0.1, 0.15) is 22.3 Å². The highest BCUT2D eigenvalue weighted by Gasteiger charge is 2.21. The molecule has 3 amide bonds. The molecule has 0 radical (unpaired) electrons. The molecule has 6 nitrogen and oxygen atoms in total. The summed E-state index contributed by atoms with van der Waals surface area (Å²) < 4.78 is 2.25. The second-order valence-electron chi connectivity index (χ2n) is 6.90. The van der Waals surface area contributed by atoms with Crippen LogP contribution in [0.3, 0.4) is 0 Å². The van der Waals surface area contributed by atoms with Gasteiger partial charge in [-0.1, -0.05) is 36.0 Å². The van der Waals surface area contributed by atoms with Gasteiger partial charge in [-0.3, -0.25) is 4.79 Å². The number of rotatable bonds is 4. The quantitative estimate of drug-likeness (QED) is 0.643. The van der Waals surface area contributed by atoms with Gasteiger partial charge >= 0.3 is 6.03 Å². The third kappa shape index (κ3) is 4.71. The average molecular weight is 427 g/mol. The van der Waals surface area contributed by atoms with Gasteiger partial charge in [0, 0.05) is 37.5 Å². The summed E-state index contributed by atoms with van der Waals surface area (Å²) in [5, 5.41) is 0. The number of fused-ring (bicyclic) bond motifs is 1. The van der Waals surface area contributed by atoms with Crippen LogP contribution in [0.25, 0.3) is 10.2 Å². The molecule has 2 aromatic carbocycles. The summed E-state index contributed by atoms with van der Waals surface area (Å²) in [7, 11) is 0. The number of carbonyl (C=O) groups excluding carboxylic acids is 2. The third-order valence-electron chi connectivity index (χ3n) is 4.93. The van der Waals surface area contributed by atoms with Crippen LogP contribution >= 0.6 is 23.1 Å². The Labute approximate surface area is 177 Å². The van der Waals surface area contributed by atoms with E-state index < -0.39 is 6.03 Å². The first-order chi connectivity index (χ1) is 14.1. The average Bonchev–Trinajstić information content (AvgIpc) is 2.99. The maximum Gasteiger partial charge on any atom is 0.314 e. The maximum atomic E-state index is 12.8. The third-order valence-corrected chi connectivity index (χ3v) is 7.18. The van der Waals surface area contributed by atoms with Gasteiger partial charge in [-0.25, -0.2) is 9.78 Å². The summed E-state index contributed by atoms with van der Waals surface area (Å²) in [6.07, 6.45) is 0.742. The van der Waals surface area contributed by atoms with Gasteiger partial charge in [0.05, 0.1) is 10.2 Å². The number of nitrogens with zero attached hydrogens (tertiary/aromatic N) is 3. The molecule has 0 unspecified atom stereocenters. The number of carbonyl (C=O) groups is 2. The highest BCUT2D eigenvalue weighted by Crippen LogP contribution is 2.31. The van der Waals surface area contributed by atoms with Crippen molar-refractivity contribution in [3.63, 3.8) is 0 Å². The minimum atomic E-state index is -0.422. The Kier molecular flexibility index (Phi) is 6.01. The number of aromatic nitrogens is 1. The molecule has 0 saturated carbocycles. The largest absolute Gasteiger partial charge is 0.351 e. The smallest absolute Gasteiger partial charge is 0.314 e. The van der Waals surface area contributed by atoms with E-state index in [4.69, 9.17) is 5.73 Å². The molecule has 0 spiro atoms. The Morgan fingerprint density at radius 2 is 1.72 bits per heavy atom. The van der Waals surface area contributed by atoms with Crippen molar-refractivity contribution in [2.45, 2.75) is 16.5 Å². The standard InChI is InChI=1S/C21H22N4O2S2/c22-20(27)25-11-3-10-24(12-13-25)19(26)16-8-6-15(7-9-16)14-28-21-23-17-4-1-2-5-18(17)29-21/h1-2,4-9H,3,10-14H2,(H2,22,27). The summed E-state index contributed by atoms with van der Waals surface area (Å²) in [6, 6.07) is 15.5. The van der Waals surface area contributed by atoms with Crippen molar-refractivity contribution in [1.82, 2.24) is 14.8 Å². The molecule has 1 fully saturated rings. The van der Waals surface area contributed by atoms with Crippen molar-refractivity contribution in [2.75, 3.05) is 26.2 Å². The van der Waals surface area contributed by atoms with Gasteiger partial charge in [-0.15, -0.1) is 11.3 Å². The van der Waals surface area contributed by atoms with Gasteiger partial charge in [-0.05, 0) is 36.2 Å². The lowest BCUT2D eigenvalue weighted by atomic mass is 10.1. The molecule has 1 saturated heterocycles. The SMILES string of the molecule is NC(=O)N1CCCN(C(=O)c2ccc(CSc3nc4ccccc4s3)cc2)CC1. The number of nitrogens with two attached hydrogens (primary N) is 1. The molecular formula is C21H22N4O2S2. The van der Waals surface area contributed by atoms with Crippen molar-refractivity contribution in [3.05, 3.63) is 59.7 Å². The molecule has 4 rings (SSSR count). The molecule has 2 N–H and O–H groups in total. The number of hydrogen-bond acceptors (Lipinski definition) is 5. The van der Waals surface area contributed by atoms with Crippen LogP contribution in [0.2, 0.25) is 0 Å². The van der Waals surface area contributed by atoms with E-state index in [1.54, 1.807) is 32.9 Å². The molecule has 1 aliphatic heterocycles. The number of para-hydroxylation sites is 1. The van der Waals surface area contributed by atoms with Crippen LogP contribution in [0, 0.1) is 0 Å². The summed E-state index contributed by atoms with van der Waals surface area (Å²) in [6.45, 7) is 2.23. The first-order valence-corrected chi connectivity index (χ1v) is 11.3. The second kappa shape index (κ2) is 8.84. The number of thiazole rings is 1. The number of urea groups is 1. The zero-order chi connectivity index (χ0) is 20.2. The molecular weight excluding hydrogens is 404 g/mol. The molecule has 150 valence electrons. The molecule has 1 aliphatic rings. The molecule has 1 aromatic heterocycles. The second-order valence-corrected chi connectivity index (χ2v) is 9.16. The Hall–Kier alpha value is -2.58. The van der Waals surface area contributed by atoms with Gasteiger partial charge in [-0.2, -0.15) is 0 Å². The van der Waals surface area contributed by atoms with E-state index in [0.717, 1.165) is 27.6 Å². The summed E-state index contributed by atoms with van der Waals surface area (Å²) >= 11 is 3.41. The zero-order valence-electron chi connectivity index (χ0n) is 15.9. The number of thioether (sulfide) groups is 1. The van der Waals surface area contributed by atoms with Gasteiger partial charge in [0.2, 0.25) is 0 Å². The number of benzene rings is 2. The molecule has 0 aliphatic carbocycles. The summed E-state index contributed by atoms with van der Waals surface area (Å²) in [5.74, 6) is 0.813. The first-order valence-electron chi connectivity index (χ1n) is 9.51. The minimum Gasteiger partial charge on any atom is -0.351 e. The minimum absolute atomic E-state index is 0.00157. The Bertz CT molecular complexity index is 986. The number of hydrogen-bond donors (Lipinski definition) is 1. The summed E-state index contributed by atoms with van der Waals surface area (Å²) in [4.78, 5) is 32.2. The van der Waals surface area contributed by atoms with Crippen molar-refractivity contribution >= 4 is 45.3 Å². The van der Waals surface area contributed by atoms with Gasteiger partial charge in [0.1, 0.15) is 0 Å². The molecule has 3 aromatic rings. The van der Waals surface area contributed by atoms with Crippen LogP contribution in [0.5, 0.6) is 0 Å². The van der Waals surface area contributed by atoms with Crippen LogP contribution < -0.4 is 5.73 Å². The van der Waals surface area contributed by atoms with E-state index in [1.807, 2.05) is 42.5 Å². The molecule has 8 heteroatoms. The van der Waals surface area contributed by atoms with E-state index in [1.165, 1.54) is 4.70 Å².